The Bertz CT molecular complexity index is 237. The van der Waals surface area contributed by atoms with Gasteiger partial charge in [-0.25, -0.2) is 0 Å². The molecule has 0 atom stereocenters. The molecule has 0 bridgehead atoms. The highest BCUT2D eigenvalue weighted by atomic mass is 32.2. The van der Waals surface area contributed by atoms with Gasteiger partial charge in [-0.05, 0) is 6.42 Å². The molecule has 0 spiro atoms. The van der Waals surface area contributed by atoms with Gasteiger partial charge >= 0.3 is 0 Å². The highest BCUT2D eigenvalue weighted by Crippen LogP contribution is 2.07. The summed E-state index contributed by atoms with van der Waals surface area (Å²) < 4.78 is 29.1. The first kappa shape index (κ1) is 9.25. The first-order chi connectivity index (χ1) is 4.39. The smallest absolute Gasteiger partial charge is 0.294 e. The monoisotopic (exact) mass is 166 g/mol. The Morgan fingerprint density at radius 3 is 1.90 bits per heavy atom. The molecule has 0 aromatic heterocycles. The molecular formula is C4H10N2O3S. The van der Waals surface area contributed by atoms with Gasteiger partial charge in [0.1, 0.15) is 10.7 Å². The molecule has 0 fully saturated rings. The fourth-order valence-corrected chi connectivity index (χ4v) is 1.20. The predicted molar refractivity (Wildman–Crippen MR) is 37.2 cm³/mol. The van der Waals surface area contributed by atoms with Crippen molar-refractivity contribution in [2.75, 3.05) is 0 Å². The minimum Gasteiger partial charge on any atom is -0.385 e. The Labute approximate surface area is 59.5 Å². The van der Waals surface area contributed by atoms with Crippen molar-refractivity contribution in [2.45, 2.75) is 13.3 Å². The summed E-state index contributed by atoms with van der Waals surface area (Å²) in [4.78, 5) is -0.326. The van der Waals surface area contributed by atoms with Crippen molar-refractivity contribution in [2.24, 2.45) is 11.5 Å². The highest BCUT2D eigenvalue weighted by Gasteiger charge is 2.13. The molecule has 0 rings (SSSR count). The van der Waals surface area contributed by atoms with Crippen LogP contribution in [-0.2, 0) is 10.1 Å². The molecular weight excluding hydrogens is 156 g/mol. The Morgan fingerprint density at radius 1 is 1.50 bits per heavy atom. The minimum atomic E-state index is -4.18. The van der Waals surface area contributed by atoms with Crippen LogP contribution in [-0.4, -0.2) is 13.0 Å². The number of allylic oxidation sites excluding steroid dienone is 1. The van der Waals surface area contributed by atoms with Gasteiger partial charge in [0.05, 0.1) is 0 Å². The van der Waals surface area contributed by atoms with Crippen LogP contribution in [0.2, 0.25) is 0 Å². The normalized spacial score (nSPS) is 11.0. The summed E-state index contributed by atoms with van der Waals surface area (Å²) in [6.45, 7) is 1.53. The molecule has 5 N–H and O–H groups in total. The molecule has 0 saturated carbocycles. The maximum absolute atomic E-state index is 10.3. The maximum Gasteiger partial charge on any atom is 0.294 e. The third kappa shape index (κ3) is 2.24. The molecule has 0 unspecified atom stereocenters. The second-order valence-corrected chi connectivity index (χ2v) is 3.15. The van der Waals surface area contributed by atoms with E-state index in [-0.39, 0.29) is 17.1 Å². The van der Waals surface area contributed by atoms with Gasteiger partial charge in [-0.1, -0.05) is 6.92 Å². The van der Waals surface area contributed by atoms with Crippen LogP contribution in [0.25, 0.3) is 0 Å². The lowest BCUT2D eigenvalue weighted by molar-refractivity contribution is 0.489. The van der Waals surface area contributed by atoms with Crippen molar-refractivity contribution in [1.82, 2.24) is 0 Å². The summed E-state index contributed by atoms with van der Waals surface area (Å²) in [6.07, 6.45) is 0.0984. The molecule has 0 aliphatic rings. The van der Waals surface area contributed by atoms with Gasteiger partial charge in [0, 0.05) is 0 Å². The second kappa shape index (κ2) is 2.89. The van der Waals surface area contributed by atoms with E-state index in [4.69, 9.17) is 16.0 Å². The summed E-state index contributed by atoms with van der Waals surface area (Å²) in [6, 6.07) is 0. The van der Waals surface area contributed by atoms with E-state index in [1.165, 1.54) is 6.92 Å². The van der Waals surface area contributed by atoms with Crippen LogP contribution in [0.1, 0.15) is 13.3 Å². The first-order valence-electron chi connectivity index (χ1n) is 2.61. The number of nitrogens with two attached hydrogens (primary N) is 2. The predicted octanol–water partition coefficient (Wildman–Crippen LogP) is -0.629. The Hall–Kier alpha value is -0.750. The molecule has 0 aromatic carbocycles. The van der Waals surface area contributed by atoms with Crippen molar-refractivity contribution in [1.29, 1.82) is 0 Å². The summed E-state index contributed by atoms with van der Waals surface area (Å²) in [5.41, 5.74) is 9.90. The zero-order valence-corrected chi connectivity index (χ0v) is 6.35. The quantitative estimate of drug-likeness (QED) is 0.473. The molecule has 0 aliphatic heterocycles. The topological polar surface area (TPSA) is 106 Å². The molecule has 0 radical (unpaired) electrons. The first-order valence-corrected chi connectivity index (χ1v) is 4.05. The molecule has 6 heteroatoms. The zero-order valence-electron chi connectivity index (χ0n) is 5.53. The van der Waals surface area contributed by atoms with E-state index in [0.717, 1.165) is 0 Å². The van der Waals surface area contributed by atoms with Gasteiger partial charge < -0.3 is 11.5 Å². The van der Waals surface area contributed by atoms with Gasteiger partial charge in [0.15, 0.2) is 0 Å². The molecule has 60 valence electrons. The van der Waals surface area contributed by atoms with Crippen LogP contribution < -0.4 is 11.5 Å². The molecule has 0 saturated heterocycles. The number of hydrogen-bond donors (Lipinski definition) is 3. The summed E-state index contributed by atoms with van der Waals surface area (Å²) in [5, 5.41) is 0. The third-order valence-corrected chi connectivity index (χ3v) is 2.10. The van der Waals surface area contributed by atoms with Gasteiger partial charge in [-0.15, -0.1) is 0 Å². The largest absolute Gasteiger partial charge is 0.385 e. The van der Waals surface area contributed by atoms with E-state index in [2.05, 4.69) is 0 Å². The van der Waals surface area contributed by atoms with Crippen LogP contribution in [0.15, 0.2) is 10.7 Å². The van der Waals surface area contributed by atoms with Crippen LogP contribution >= 0.6 is 0 Å². The van der Waals surface area contributed by atoms with Crippen molar-refractivity contribution in [3.63, 3.8) is 0 Å². The van der Waals surface area contributed by atoms with Crippen LogP contribution in [0.3, 0.4) is 0 Å². The Balaban J connectivity index is 4.93. The maximum atomic E-state index is 10.3. The van der Waals surface area contributed by atoms with E-state index in [9.17, 15) is 8.42 Å². The molecule has 5 nitrogen and oxygen atoms in total. The molecule has 0 amide bonds. The van der Waals surface area contributed by atoms with Gasteiger partial charge in [0.25, 0.3) is 10.1 Å². The second-order valence-electron chi connectivity index (χ2n) is 1.71. The third-order valence-electron chi connectivity index (χ3n) is 0.954. The lowest BCUT2D eigenvalue weighted by atomic mass is 10.4. The van der Waals surface area contributed by atoms with Gasteiger partial charge in [0.2, 0.25) is 0 Å². The summed E-state index contributed by atoms with van der Waals surface area (Å²) in [7, 11) is -4.18. The highest BCUT2D eigenvalue weighted by molar-refractivity contribution is 7.89. The van der Waals surface area contributed by atoms with Crippen LogP contribution in [0.5, 0.6) is 0 Å². The average molecular weight is 166 g/mol. The van der Waals surface area contributed by atoms with Gasteiger partial charge in [-0.3, -0.25) is 4.55 Å². The lowest BCUT2D eigenvalue weighted by Crippen LogP contribution is -2.16. The van der Waals surface area contributed by atoms with Crippen molar-refractivity contribution in [3.8, 4) is 0 Å². The fraction of sp³-hybridized carbons (Fsp3) is 0.500. The summed E-state index contributed by atoms with van der Waals surface area (Å²) in [5.74, 6) is -0.356. The Morgan fingerprint density at radius 2 is 1.90 bits per heavy atom. The van der Waals surface area contributed by atoms with Gasteiger partial charge in [-0.2, -0.15) is 8.42 Å². The summed E-state index contributed by atoms with van der Waals surface area (Å²) >= 11 is 0. The molecule has 0 heterocycles. The van der Waals surface area contributed by atoms with Crippen LogP contribution in [0, 0.1) is 0 Å². The van der Waals surface area contributed by atoms with Crippen molar-refractivity contribution < 1.29 is 13.0 Å². The van der Waals surface area contributed by atoms with Crippen LogP contribution in [0.4, 0.5) is 0 Å². The van der Waals surface area contributed by atoms with E-state index >= 15 is 0 Å². The van der Waals surface area contributed by atoms with E-state index < -0.39 is 10.1 Å². The molecule has 0 aliphatic carbocycles. The number of rotatable bonds is 2. The lowest BCUT2D eigenvalue weighted by Gasteiger charge is -2.00. The SMILES string of the molecule is CCC(=C(N)N)S(=O)(=O)O. The molecule has 0 aromatic rings. The Kier molecular flexibility index (Phi) is 2.67. The van der Waals surface area contributed by atoms with E-state index in [1.807, 2.05) is 0 Å². The average Bonchev–Trinajstić information content (AvgIpc) is 1.60. The van der Waals surface area contributed by atoms with Crippen molar-refractivity contribution >= 4 is 10.1 Å². The van der Waals surface area contributed by atoms with E-state index in [0.29, 0.717) is 0 Å². The minimum absolute atomic E-state index is 0.0984. The zero-order chi connectivity index (χ0) is 8.36. The molecule has 10 heavy (non-hydrogen) atoms. The standard InChI is InChI=1S/C4H10N2O3S/c1-2-3(4(5)6)10(7,8)9/h2,5-6H2,1H3,(H,7,8,9). The van der Waals surface area contributed by atoms with E-state index in [1.54, 1.807) is 0 Å². The van der Waals surface area contributed by atoms with Crippen molar-refractivity contribution in [3.05, 3.63) is 10.7 Å². The number of hydrogen-bond acceptors (Lipinski definition) is 4. The fourth-order valence-electron chi connectivity index (χ4n) is 0.535.